The van der Waals surface area contributed by atoms with Crippen molar-refractivity contribution in [3.05, 3.63) is 35.1 Å². The third kappa shape index (κ3) is 2.74. The van der Waals surface area contributed by atoms with Crippen molar-refractivity contribution in [3.8, 4) is 5.75 Å². The highest BCUT2D eigenvalue weighted by Crippen LogP contribution is 2.39. The van der Waals surface area contributed by atoms with E-state index in [2.05, 4.69) is 0 Å². The van der Waals surface area contributed by atoms with Crippen LogP contribution in [0.2, 0.25) is 0 Å². The maximum Gasteiger partial charge on any atom is 0.170 e. The number of carbonyl (C=O) groups excluding carboxylic acids is 1. The molecule has 1 fully saturated rings. The number of nitrogens with two attached hydrogens (primary N) is 1. The first-order chi connectivity index (χ1) is 10.6. The molecular weight excluding hydrogens is 282 g/mol. The molecule has 1 aliphatic heterocycles. The number of ketones is 1. The summed E-state index contributed by atoms with van der Waals surface area (Å²) in [6.07, 6.45) is 2.19. The topological polar surface area (TPSA) is 81.8 Å². The molecule has 0 amide bonds. The zero-order chi connectivity index (χ0) is 15.7. The third-order valence-electron chi connectivity index (χ3n) is 4.60. The first-order valence-electron chi connectivity index (χ1n) is 7.62. The van der Waals surface area contributed by atoms with E-state index in [4.69, 9.17) is 15.5 Å². The summed E-state index contributed by atoms with van der Waals surface area (Å²) in [7, 11) is 0. The van der Waals surface area contributed by atoms with Crippen LogP contribution in [0.3, 0.4) is 0 Å². The van der Waals surface area contributed by atoms with Gasteiger partial charge in [0, 0.05) is 25.6 Å². The smallest absolute Gasteiger partial charge is 0.170 e. The Labute approximate surface area is 129 Å². The van der Waals surface area contributed by atoms with Gasteiger partial charge in [-0.1, -0.05) is 6.07 Å². The molecule has 5 heteroatoms. The van der Waals surface area contributed by atoms with Crippen molar-refractivity contribution >= 4 is 11.4 Å². The molecule has 1 aliphatic carbocycles. The first kappa shape index (κ1) is 15.1. The molecule has 118 valence electrons. The van der Waals surface area contributed by atoms with E-state index in [1.165, 1.54) is 0 Å². The van der Waals surface area contributed by atoms with E-state index in [9.17, 15) is 9.90 Å². The second-order valence-electron chi connectivity index (χ2n) is 6.15. The fraction of sp³-hybridized carbons (Fsp3) is 0.471. The molecule has 1 heterocycles. The summed E-state index contributed by atoms with van der Waals surface area (Å²) in [6.45, 7) is 3.39. The van der Waals surface area contributed by atoms with Gasteiger partial charge < -0.3 is 14.7 Å². The van der Waals surface area contributed by atoms with Crippen LogP contribution in [0, 0.1) is 18.8 Å². The van der Waals surface area contributed by atoms with Gasteiger partial charge in [0.2, 0.25) is 0 Å². The number of benzene rings is 1. The summed E-state index contributed by atoms with van der Waals surface area (Å²) in [5.41, 5.74) is 2.04. The summed E-state index contributed by atoms with van der Waals surface area (Å²) in [6, 6.07) is 5.28. The number of ether oxygens (including phenoxy) is 1. The van der Waals surface area contributed by atoms with Crippen LogP contribution in [0.15, 0.2) is 24.0 Å². The summed E-state index contributed by atoms with van der Waals surface area (Å²) in [5.74, 6) is 6.12. The van der Waals surface area contributed by atoms with Crippen molar-refractivity contribution in [1.29, 1.82) is 0 Å². The average Bonchev–Trinajstić information content (AvgIpc) is 3.10. The lowest BCUT2D eigenvalue weighted by atomic mass is 9.89. The van der Waals surface area contributed by atoms with E-state index in [0.29, 0.717) is 29.2 Å². The molecule has 5 nitrogen and oxygen atoms in total. The van der Waals surface area contributed by atoms with Gasteiger partial charge in [-0.15, -0.1) is 0 Å². The van der Waals surface area contributed by atoms with Crippen molar-refractivity contribution in [3.63, 3.8) is 0 Å². The Hall–Kier alpha value is -1.85. The maximum atomic E-state index is 12.7. The Kier molecular flexibility index (Phi) is 4.18. The monoisotopic (exact) mass is 303 g/mol. The number of allylic oxidation sites excluding steroid dienone is 2. The molecule has 2 atom stereocenters. The van der Waals surface area contributed by atoms with Crippen LogP contribution in [-0.4, -0.2) is 24.1 Å². The zero-order valence-corrected chi connectivity index (χ0v) is 12.7. The summed E-state index contributed by atoms with van der Waals surface area (Å²) >= 11 is 0. The van der Waals surface area contributed by atoms with Crippen LogP contribution < -0.4 is 10.7 Å². The fourth-order valence-electron chi connectivity index (χ4n) is 3.37. The number of aliphatic hydroxyl groups excluding tert-OH is 1. The van der Waals surface area contributed by atoms with E-state index < -0.39 is 0 Å². The molecule has 0 bridgehead atoms. The van der Waals surface area contributed by atoms with Gasteiger partial charge in [0.05, 0.1) is 5.57 Å². The van der Waals surface area contributed by atoms with E-state index in [0.717, 1.165) is 31.6 Å². The fourth-order valence-corrected chi connectivity index (χ4v) is 3.37. The molecule has 3 N–H and O–H groups in total. The highest BCUT2D eigenvalue weighted by atomic mass is 16.6. The molecule has 0 saturated carbocycles. The zero-order valence-electron chi connectivity index (χ0n) is 12.7. The summed E-state index contributed by atoms with van der Waals surface area (Å²) < 4.78 is 5.37. The lowest BCUT2D eigenvalue weighted by molar-refractivity contribution is -0.117. The molecule has 2 aliphatic rings. The molecule has 2 unspecified atom stereocenters. The SMILES string of the molecule is Cc1ccc(ON)cc1C1=C(O)CC(CC2CCOC2)C1=O. The number of carbonyl (C=O) groups is 1. The standard InChI is InChI=1S/C17H21NO4/c1-10-2-3-13(22-18)8-14(10)16-15(19)7-12(17(16)20)6-11-4-5-21-9-11/h2-3,8,11-12,19H,4-7,9,18H2,1H3. The van der Waals surface area contributed by atoms with Crippen molar-refractivity contribution in [1.82, 2.24) is 0 Å². The lowest BCUT2D eigenvalue weighted by Gasteiger charge is -2.14. The minimum atomic E-state index is -0.149. The molecule has 1 aromatic rings. The van der Waals surface area contributed by atoms with E-state index >= 15 is 0 Å². The Balaban J connectivity index is 1.84. The molecule has 3 rings (SSSR count). The number of hydrogen-bond acceptors (Lipinski definition) is 5. The Bertz CT molecular complexity index is 617. The van der Waals surface area contributed by atoms with Crippen LogP contribution in [0.25, 0.3) is 5.57 Å². The van der Waals surface area contributed by atoms with Crippen LogP contribution >= 0.6 is 0 Å². The highest BCUT2D eigenvalue weighted by molar-refractivity contribution is 6.24. The Morgan fingerprint density at radius 2 is 2.27 bits per heavy atom. The first-order valence-corrected chi connectivity index (χ1v) is 7.62. The van der Waals surface area contributed by atoms with E-state index in [1.54, 1.807) is 12.1 Å². The maximum absolute atomic E-state index is 12.7. The molecule has 0 radical (unpaired) electrons. The number of aliphatic hydroxyl groups is 1. The van der Waals surface area contributed by atoms with Gasteiger partial charge in [-0.3, -0.25) is 4.79 Å². The average molecular weight is 303 g/mol. The van der Waals surface area contributed by atoms with Gasteiger partial charge in [-0.05, 0) is 48.9 Å². The van der Waals surface area contributed by atoms with Crippen molar-refractivity contribution in [2.24, 2.45) is 17.7 Å². The predicted molar refractivity (Wildman–Crippen MR) is 82.2 cm³/mol. The molecule has 22 heavy (non-hydrogen) atoms. The second-order valence-corrected chi connectivity index (χ2v) is 6.15. The normalized spacial score (nSPS) is 25.1. The van der Waals surface area contributed by atoms with Crippen LogP contribution in [-0.2, 0) is 9.53 Å². The van der Waals surface area contributed by atoms with Crippen LogP contribution in [0.4, 0.5) is 0 Å². The predicted octanol–water partition coefficient (Wildman–Crippen LogP) is 2.53. The molecular formula is C17H21NO4. The molecule has 0 aromatic heterocycles. The van der Waals surface area contributed by atoms with Gasteiger partial charge in [0.1, 0.15) is 11.5 Å². The van der Waals surface area contributed by atoms with Gasteiger partial charge in [0.25, 0.3) is 0 Å². The van der Waals surface area contributed by atoms with Crippen molar-refractivity contribution in [2.45, 2.75) is 26.2 Å². The lowest BCUT2D eigenvalue weighted by Crippen LogP contribution is -2.15. The van der Waals surface area contributed by atoms with Gasteiger partial charge >= 0.3 is 0 Å². The Morgan fingerprint density at radius 3 is 2.95 bits per heavy atom. The van der Waals surface area contributed by atoms with Crippen LogP contribution in [0.1, 0.15) is 30.4 Å². The molecule has 0 spiro atoms. The summed E-state index contributed by atoms with van der Waals surface area (Å²) in [5, 5.41) is 10.3. The molecule has 1 aromatic carbocycles. The quantitative estimate of drug-likeness (QED) is 0.835. The third-order valence-corrected chi connectivity index (χ3v) is 4.60. The highest BCUT2D eigenvalue weighted by Gasteiger charge is 2.36. The largest absolute Gasteiger partial charge is 0.512 e. The van der Waals surface area contributed by atoms with E-state index in [-0.39, 0.29) is 17.5 Å². The number of aryl methyl sites for hydroxylation is 1. The number of Topliss-reactive ketones (excluding diaryl/α,β-unsaturated/α-hetero) is 1. The Morgan fingerprint density at radius 1 is 1.45 bits per heavy atom. The van der Waals surface area contributed by atoms with Gasteiger partial charge in [0.15, 0.2) is 5.78 Å². The second kappa shape index (κ2) is 6.10. The van der Waals surface area contributed by atoms with E-state index in [1.807, 2.05) is 13.0 Å². The molecule has 1 saturated heterocycles. The number of rotatable bonds is 4. The minimum absolute atomic E-state index is 0.0154. The van der Waals surface area contributed by atoms with Gasteiger partial charge in [-0.2, -0.15) is 5.90 Å². The minimum Gasteiger partial charge on any atom is -0.512 e. The van der Waals surface area contributed by atoms with Crippen LogP contribution in [0.5, 0.6) is 5.75 Å². The van der Waals surface area contributed by atoms with Crippen molar-refractivity contribution in [2.75, 3.05) is 13.2 Å². The van der Waals surface area contributed by atoms with Crippen molar-refractivity contribution < 1.29 is 19.5 Å². The number of hydrogen-bond donors (Lipinski definition) is 2. The van der Waals surface area contributed by atoms with Gasteiger partial charge in [-0.25, -0.2) is 0 Å². The summed E-state index contributed by atoms with van der Waals surface area (Å²) in [4.78, 5) is 17.5.